The van der Waals surface area contributed by atoms with E-state index in [1.165, 1.54) is 5.56 Å². The Morgan fingerprint density at radius 2 is 1.92 bits per heavy atom. The molecule has 0 saturated carbocycles. The summed E-state index contributed by atoms with van der Waals surface area (Å²) >= 11 is 0. The fraction of sp³-hybridized carbons (Fsp3) is 0.316. The Kier molecular flexibility index (Phi) is 4.43. The van der Waals surface area contributed by atoms with E-state index in [-0.39, 0.29) is 11.9 Å². The highest BCUT2D eigenvalue weighted by molar-refractivity contribution is 5.79. The summed E-state index contributed by atoms with van der Waals surface area (Å²) in [5.41, 5.74) is 3.89. The summed E-state index contributed by atoms with van der Waals surface area (Å²) in [7, 11) is 0. The first kappa shape index (κ1) is 15.8. The van der Waals surface area contributed by atoms with Gasteiger partial charge in [-0.05, 0) is 40.0 Å². The number of amides is 1. The molecule has 0 spiro atoms. The minimum absolute atomic E-state index is 0.189. The normalized spacial score (nSPS) is 17.5. The highest BCUT2D eigenvalue weighted by Gasteiger charge is 2.28. The molecule has 0 aliphatic carbocycles. The van der Waals surface area contributed by atoms with Crippen molar-refractivity contribution in [1.82, 2.24) is 20.5 Å². The zero-order valence-electron chi connectivity index (χ0n) is 13.9. The van der Waals surface area contributed by atoms with Crippen LogP contribution in [0.2, 0.25) is 0 Å². The Hall–Kier alpha value is -2.73. The van der Waals surface area contributed by atoms with E-state index >= 15 is 0 Å². The van der Waals surface area contributed by atoms with Gasteiger partial charge in [0.15, 0.2) is 0 Å². The summed E-state index contributed by atoms with van der Waals surface area (Å²) in [5, 5.41) is 11.1. The molecule has 2 aromatic carbocycles. The van der Waals surface area contributed by atoms with Crippen molar-refractivity contribution >= 4 is 16.9 Å². The monoisotopic (exact) mass is 336 g/mol. The SMILES string of the molecule is O=C1C[C@H](NCc2ccc3nonc3c2)CN1CCc1ccccc1. The molecule has 25 heavy (non-hydrogen) atoms. The third-order valence-electron chi connectivity index (χ3n) is 4.64. The van der Waals surface area contributed by atoms with Crippen LogP contribution >= 0.6 is 0 Å². The maximum Gasteiger partial charge on any atom is 0.224 e. The number of benzene rings is 2. The smallest absolute Gasteiger partial charge is 0.224 e. The molecule has 6 heteroatoms. The molecule has 1 atom stereocenters. The molecule has 6 nitrogen and oxygen atoms in total. The van der Waals surface area contributed by atoms with Crippen LogP contribution in [-0.2, 0) is 17.8 Å². The van der Waals surface area contributed by atoms with Gasteiger partial charge in [0, 0.05) is 32.1 Å². The lowest BCUT2D eigenvalue weighted by Crippen LogP contribution is -2.33. The van der Waals surface area contributed by atoms with Crippen molar-refractivity contribution in [3.05, 3.63) is 59.7 Å². The van der Waals surface area contributed by atoms with Gasteiger partial charge in [0.2, 0.25) is 5.91 Å². The number of nitrogens with one attached hydrogen (secondary N) is 1. The van der Waals surface area contributed by atoms with E-state index in [0.717, 1.165) is 36.1 Å². The van der Waals surface area contributed by atoms with Crippen molar-refractivity contribution in [2.75, 3.05) is 13.1 Å². The highest BCUT2D eigenvalue weighted by Crippen LogP contribution is 2.15. The quantitative estimate of drug-likeness (QED) is 0.747. The molecule has 3 aromatic rings. The predicted octanol–water partition coefficient (Wildman–Crippen LogP) is 2.16. The standard InChI is InChI=1S/C19H20N4O2/c24-19-11-16(13-23(19)9-8-14-4-2-1-3-5-14)20-12-15-6-7-17-18(10-15)22-25-21-17/h1-7,10,16,20H,8-9,11-13H2/t16-/m0/s1. The van der Waals surface area contributed by atoms with Gasteiger partial charge in [0.25, 0.3) is 0 Å². The Labute approximate surface area is 145 Å². The van der Waals surface area contributed by atoms with Gasteiger partial charge in [0.1, 0.15) is 11.0 Å². The zero-order valence-corrected chi connectivity index (χ0v) is 13.9. The average Bonchev–Trinajstić information content (AvgIpc) is 3.25. The van der Waals surface area contributed by atoms with Crippen LogP contribution in [0.5, 0.6) is 0 Å². The summed E-state index contributed by atoms with van der Waals surface area (Å²) in [6.45, 7) is 2.24. The number of carbonyl (C=O) groups excluding carboxylic acids is 1. The molecular formula is C19H20N4O2. The molecule has 0 bridgehead atoms. The maximum atomic E-state index is 12.2. The molecular weight excluding hydrogens is 316 g/mol. The van der Waals surface area contributed by atoms with Gasteiger partial charge < -0.3 is 10.2 Å². The van der Waals surface area contributed by atoms with E-state index in [1.807, 2.05) is 41.3 Å². The molecule has 1 amide bonds. The summed E-state index contributed by atoms with van der Waals surface area (Å²) in [6.07, 6.45) is 1.46. The Morgan fingerprint density at radius 3 is 2.80 bits per heavy atom. The summed E-state index contributed by atoms with van der Waals surface area (Å²) in [6, 6.07) is 16.3. The molecule has 1 N–H and O–H groups in total. The predicted molar refractivity (Wildman–Crippen MR) is 93.8 cm³/mol. The van der Waals surface area contributed by atoms with Crippen LogP contribution in [0.1, 0.15) is 17.5 Å². The van der Waals surface area contributed by atoms with Gasteiger partial charge in [-0.2, -0.15) is 0 Å². The number of likely N-dealkylation sites (tertiary alicyclic amines) is 1. The van der Waals surface area contributed by atoms with E-state index < -0.39 is 0 Å². The van der Waals surface area contributed by atoms with Gasteiger partial charge in [-0.1, -0.05) is 36.4 Å². The van der Waals surface area contributed by atoms with Crippen LogP contribution in [-0.4, -0.2) is 40.3 Å². The lowest BCUT2D eigenvalue weighted by atomic mass is 10.1. The molecule has 128 valence electrons. The molecule has 4 rings (SSSR count). The van der Waals surface area contributed by atoms with Gasteiger partial charge in [-0.25, -0.2) is 4.63 Å². The number of aromatic nitrogens is 2. The largest absolute Gasteiger partial charge is 0.341 e. The van der Waals surface area contributed by atoms with Crippen molar-refractivity contribution < 1.29 is 9.42 Å². The number of fused-ring (bicyclic) bond motifs is 1. The number of carbonyl (C=O) groups is 1. The van der Waals surface area contributed by atoms with Gasteiger partial charge in [0.05, 0.1) is 0 Å². The molecule has 0 unspecified atom stereocenters. The third kappa shape index (κ3) is 3.69. The van der Waals surface area contributed by atoms with Crippen LogP contribution in [0.25, 0.3) is 11.0 Å². The second-order valence-electron chi connectivity index (χ2n) is 6.44. The lowest BCUT2D eigenvalue weighted by Gasteiger charge is -2.17. The molecule has 2 heterocycles. The first-order valence-corrected chi connectivity index (χ1v) is 8.54. The highest BCUT2D eigenvalue weighted by atomic mass is 16.6. The second kappa shape index (κ2) is 7.03. The fourth-order valence-electron chi connectivity index (χ4n) is 3.23. The second-order valence-corrected chi connectivity index (χ2v) is 6.44. The number of nitrogens with zero attached hydrogens (tertiary/aromatic N) is 3. The first-order chi connectivity index (χ1) is 12.3. The van der Waals surface area contributed by atoms with Gasteiger partial charge >= 0.3 is 0 Å². The topological polar surface area (TPSA) is 71.3 Å². The average molecular weight is 336 g/mol. The van der Waals surface area contributed by atoms with Crippen LogP contribution in [0, 0.1) is 0 Å². The van der Waals surface area contributed by atoms with Crippen molar-refractivity contribution in [1.29, 1.82) is 0 Å². The van der Waals surface area contributed by atoms with Gasteiger partial charge in [-0.3, -0.25) is 4.79 Å². The van der Waals surface area contributed by atoms with Crippen molar-refractivity contribution in [3.8, 4) is 0 Å². The van der Waals surface area contributed by atoms with E-state index in [2.05, 4.69) is 27.8 Å². The number of rotatable bonds is 6. The Morgan fingerprint density at radius 1 is 1.08 bits per heavy atom. The lowest BCUT2D eigenvalue weighted by molar-refractivity contribution is -0.127. The molecule has 1 aliphatic rings. The molecule has 1 aromatic heterocycles. The molecule has 1 aliphatic heterocycles. The fourth-order valence-corrected chi connectivity index (χ4v) is 3.23. The molecule has 0 radical (unpaired) electrons. The summed E-state index contributed by atoms with van der Waals surface area (Å²) in [4.78, 5) is 14.2. The minimum atomic E-state index is 0.189. The van der Waals surface area contributed by atoms with E-state index in [1.54, 1.807) is 0 Å². The summed E-state index contributed by atoms with van der Waals surface area (Å²) < 4.78 is 4.72. The van der Waals surface area contributed by atoms with E-state index in [4.69, 9.17) is 4.63 Å². The van der Waals surface area contributed by atoms with Crippen LogP contribution < -0.4 is 5.32 Å². The third-order valence-corrected chi connectivity index (χ3v) is 4.64. The van der Waals surface area contributed by atoms with Gasteiger partial charge in [-0.15, -0.1) is 0 Å². The Bertz CT molecular complexity index is 862. The van der Waals surface area contributed by atoms with Crippen molar-refractivity contribution in [3.63, 3.8) is 0 Å². The van der Waals surface area contributed by atoms with Crippen LogP contribution in [0.4, 0.5) is 0 Å². The summed E-state index contributed by atoms with van der Waals surface area (Å²) in [5.74, 6) is 0.226. The first-order valence-electron chi connectivity index (χ1n) is 8.54. The number of hydrogen-bond acceptors (Lipinski definition) is 5. The minimum Gasteiger partial charge on any atom is -0.341 e. The van der Waals surface area contributed by atoms with E-state index in [9.17, 15) is 4.79 Å². The van der Waals surface area contributed by atoms with E-state index in [0.29, 0.717) is 13.0 Å². The molecule has 1 saturated heterocycles. The maximum absolute atomic E-state index is 12.2. The van der Waals surface area contributed by atoms with Crippen LogP contribution in [0.3, 0.4) is 0 Å². The van der Waals surface area contributed by atoms with Crippen molar-refractivity contribution in [2.24, 2.45) is 0 Å². The van der Waals surface area contributed by atoms with Crippen molar-refractivity contribution in [2.45, 2.75) is 25.4 Å². The molecule has 1 fully saturated rings. The zero-order chi connectivity index (χ0) is 17.1. The Balaban J connectivity index is 1.29. The number of hydrogen-bond donors (Lipinski definition) is 1. The van der Waals surface area contributed by atoms with Crippen LogP contribution in [0.15, 0.2) is 53.2 Å².